The van der Waals surface area contributed by atoms with Gasteiger partial charge in [0.15, 0.2) is 27.6 Å². The molecule has 32 heavy (non-hydrogen) atoms. The third-order valence-electron chi connectivity index (χ3n) is 5.83. The van der Waals surface area contributed by atoms with Crippen LogP contribution in [0.1, 0.15) is 26.7 Å². The summed E-state index contributed by atoms with van der Waals surface area (Å²) in [6, 6.07) is -0.649. The number of aromatic nitrogens is 4. The lowest BCUT2D eigenvalue weighted by Crippen LogP contribution is -2.48. The molecular weight excluding hydrogens is 442 g/mol. The fraction of sp³-hybridized carbons (Fsp3) is 0.632. The molecule has 176 valence electrons. The van der Waals surface area contributed by atoms with Crippen LogP contribution in [0.3, 0.4) is 0 Å². The number of aryl methyl sites for hydroxylation is 1. The molecule has 0 aliphatic carbocycles. The van der Waals surface area contributed by atoms with E-state index in [1.807, 2.05) is 13.8 Å². The third-order valence-corrected chi connectivity index (χ3v) is 7.58. The summed E-state index contributed by atoms with van der Waals surface area (Å²) in [5.74, 6) is -1.30. The van der Waals surface area contributed by atoms with E-state index in [1.165, 1.54) is 34.5 Å². The van der Waals surface area contributed by atoms with Crippen LogP contribution < -0.4 is 11.2 Å². The molecule has 2 aromatic rings. The second-order valence-corrected chi connectivity index (χ2v) is 10.3. The van der Waals surface area contributed by atoms with Gasteiger partial charge in [0.25, 0.3) is 11.5 Å². The number of rotatable bonds is 7. The van der Waals surface area contributed by atoms with Gasteiger partial charge < -0.3 is 14.2 Å². The summed E-state index contributed by atoms with van der Waals surface area (Å²) < 4.78 is 32.2. The number of amides is 1. The zero-order chi connectivity index (χ0) is 23.8. The molecule has 0 aromatic carbocycles. The standard InChI is InChI=1S/C19H27N5O7S/c1-5-12(2)24(13-6-7-32(29,30)10-13)14(25)9-31-15(26)8-23-11-20-17-16(23)18(27)22(4)19(28)21(17)3/h11-13H,5-10H2,1-4H3/t12-,13+/m0/s1. The number of sulfone groups is 1. The lowest BCUT2D eigenvalue weighted by molar-refractivity contribution is -0.154. The minimum Gasteiger partial charge on any atom is -0.454 e. The normalized spacial score (nSPS) is 18.6. The van der Waals surface area contributed by atoms with Crippen molar-refractivity contribution < 1.29 is 22.7 Å². The molecule has 0 bridgehead atoms. The number of esters is 1. The number of nitrogens with zero attached hydrogens (tertiary/aromatic N) is 5. The van der Waals surface area contributed by atoms with Gasteiger partial charge in [-0.1, -0.05) is 6.92 Å². The van der Waals surface area contributed by atoms with Crippen LogP contribution in [0.25, 0.3) is 11.2 Å². The highest BCUT2D eigenvalue weighted by Crippen LogP contribution is 2.21. The molecule has 1 fully saturated rings. The number of ether oxygens (including phenoxy) is 1. The van der Waals surface area contributed by atoms with Gasteiger partial charge in [-0.3, -0.25) is 23.5 Å². The summed E-state index contributed by atoms with van der Waals surface area (Å²) in [5, 5.41) is 0. The highest BCUT2D eigenvalue weighted by atomic mass is 32.2. The Bertz CT molecular complexity index is 1270. The molecule has 0 saturated carbocycles. The van der Waals surface area contributed by atoms with E-state index in [1.54, 1.807) is 0 Å². The van der Waals surface area contributed by atoms with Crippen molar-refractivity contribution in [2.75, 3.05) is 18.1 Å². The van der Waals surface area contributed by atoms with E-state index >= 15 is 0 Å². The number of fused-ring (bicyclic) bond motifs is 1. The molecule has 1 aliphatic heterocycles. The summed E-state index contributed by atoms with van der Waals surface area (Å²) in [7, 11) is -0.396. The lowest BCUT2D eigenvalue weighted by atomic mass is 10.1. The van der Waals surface area contributed by atoms with E-state index in [9.17, 15) is 27.6 Å². The van der Waals surface area contributed by atoms with Gasteiger partial charge in [0.1, 0.15) is 6.54 Å². The van der Waals surface area contributed by atoms with Gasteiger partial charge in [0, 0.05) is 26.2 Å². The van der Waals surface area contributed by atoms with Crippen LogP contribution >= 0.6 is 0 Å². The minimum atomic E-state index is -3.18. The van der Waals surface area contributed by atoms with Gasteiger partial charge in [-0.05, 0) is 19.8 Å². The molecule has 13 heteroatoms. The first-order valence-corrected chi connectivity index (χ1v) is 12.1. The molecule has 2 atom stereocenters. The van der Waals surface area contributed by atoms with E-state index in [0.717, 1.165) is 4.57 Å². The van der Waals surface area contributed by atoms with Crippen LogP contribution in [0, 0.1) is 0 Å². The smallest absolute Gasteiger partial charge is 0.332 e. The first-order valence-electron chi connectivity index (χ1n) is 10.2. The van der Waals surface area contributed by atoms with Crippen molar-refractivity contribution in [3.05, 3.63) is 27.2 Å². The van der Waals surface area contributed by atoms with Crippen LogP contribution in [-0.2, 0) is 44.8 Å². The Labute approximate surface area is 184 Å². The van der Waals surface area contributed by atoms with Gasteiger partial charge in [-0.15, -0.1) is 0 Å². The van der Waals surface area contributed by atoms with Crippen LogP contribution in [0.5, 0.6) is 0 Å². The van der Waals surface area contributed by atoms with Crippen molar-refractivity contribution in [1.82, 2.24) is 23.6 Å². The van der Waals surface area contributed by atoms with Crippen molar-refractivity contribution >= 4 is 32.9 Å². The lowest BCUT2D eigenvalue weighted by Gasteiger charge is -2.33. The Morgan fingerprint density at radius 1 is 1.28 bits per heavy atom. The Kier molecular flexibility index (Phi) is 6.58. The third kappa shape index (κ3) is 4.47. The predicted molar refractivity (Wildman–Crippen MR) is 115 cm³/mol. The zero-order valence-corrected chi connectivity index (χ0v) is 19.3. The quantitative estimate of drug-likeness (QED) is 0.460. The maximum absolute atomic E-state index is 12.8. The van der Waals surface area contributed by atoms with Crippen molar-refractivity contribution in [3.8, 4) is 0 Å². The van der Waals surface area contributed by atoms with Crippen LogP contribution in [0.4, 0.5) is 0 Å². The largest absolute Gasteiger partial charge is 0.454 e. The van der Waals surface area contributed by atoms with Crippen LogP contribution in [-0.4, -0.2) is 74.1 Å². The molecule has 0 radical (unpaired) electrons. The highest BCUT2D eigenvalue weighted by molar-refractivity contribution is 7.91. The fourth-order valence-corrected chi connectivity index (χ4v) is 5.63. The van der Waals surface area contributed by atoms with E-state index in [0.29, 0.717) is 12.8 Å². The maximum Gasteiger partial charge on any atom is 0.332 e. The maximum atomic E-state index is 12.8. The Morgan fingerprint density at radius 3 is 2.56 bits per heavy atom. The molecule has 0 N–H and O–H groups in total. The number of hydrogen-bond acceptors (Lipinski definition) is 8. The summed E-state index contributed by atoms with van der Waals surface area (Å²) in [6.45, 7) is 2.79. The molecule has 3 rings (SSSR count). The fourth-order valence-electron chi connectivity index (χ4n) is 3.92. The molecule has 1 amide bonds. The summed E-state index contributed by atoms with van der Waals surface area (Å²) >= 11 is 0. The van der Waals surface area contributed by atoms with Gasteiger partial charge in [0.05, 0.1) is 17.8 Å². The summed E-state index contributed by atoms with van der Waals surface area (Å²) in [5.41, 5.74) is -0.947. The SMILES string of the molecule is CC[C@H](C)N(C(=O)COC(=O)Cn1cnc2c1c(=O)n(C)c(=O)n2C)[C@@H]1CCS(=O)(=O)C1. The van der Waals surface area contributed by atoms with Crippen molar-refractivity contribution in [1.29, 1.82) is 0 Å². The summed E-state index contributed by atoms with van der Waals surface area (Å²) in [6.07, 6.45) is 2.23. The van der Waals surface area contributed by atoms with Gasteiger partial charge in [-0.25, -0.2) is 18.2 Å². The van der Waals surface area contributed by atoms with Gasteiger partial charge in [0.2, 0.25) is 0 Å². The van der Waals surface area contributed by atoms with E-state index < -0.39 is 45.6 Å². The van der Waals surface area contributed by atoms with Crippen LogP contribution in [0.15, 0.2) is 15.9 Å². The number of carbonyl (C=O) groups is 2. The van der Waals surface area contributed by atoms with Crippen LogP contribution in [0.2, 0.25) is 0 Å². The highest BCUT2D eigenvalue weighted by Gasteiger charge is 2.36. The Morgan fingerprint density at radius 2 is 1.97 bits per heavy atom. The second-order valence-electron chi connectivity index (χ2n) is 8.03. The molecule has 12 nitrogen and oxygen atoms in total. The van der Waals surface area contributed by atoms with E-state index in [-0.39, 0.29) is 35.3 Å². The molecule has 2 aromatic heterocycles. The Hall–Kier alpha value is -2.96. The van der Waals surface area contributed by atoms with Gasteiger partial charge >= 0.3 is 11.7 Å². The molecule has 3 heterocycles. The van der Waals surface area contributed by atoms with Crippen molar-refractivity contribution in [2.45, 2.75) is 45.3 Å². The van der Waals surface area contributed by atoms with E-state index in [4.69, 9.17) is 4.74 Å². The molecule has 0 spiro atoms. The average molecular weight is 470 g/mol. The minimum absolute atomic E-state index is 0.0306. The van der Waals surface area contributed by atoms with Crippen molar-refractivity contribution in [3.63, 3.8) is 0 Å². The molecule has 1 aliphatic rings. The summed E-state index contributed by atoms with van der Waals surface area (Å²) in [4.78, 5) is 55.2. The topological polar surface area (TPSA) is 143 Å². The van der Waals surface area contributed by atoms with E-state index in [2.05, 4.69) is 4.98 Å². The van der Waals surface area contributed by atoms with Crippen molar-refractivity contribution in [2.24, 2.45) is 14.1 Å². The molecule has 1 saturated heterocycles. The average Bonchev–Trinajstić information content (AvgIpc) is 3.32. The van der Waals surface area contributed by atoms with Gasteiger partial charge in [-0.2, -0.15) is 0 Å². The first kappa shape index (κ1) is 23.7. The second kappa shape index (κ2) is 8.88. The number of hydrogen-bond donors (Lipinski definition) is 0. The predicted octanol–water partition coefficient (Wildman–Crippen LogP) is -1.21. The Balaban J connectivity index is 1.72. The number of carbonyl (C=O) groups excluding carboxylic acids is 2. The zero-order valence-electron chi connectivity index (χ0n) is 18.5. The number of imidazole rings is 1. The first-order chi connectivity index (χ1) is 15.0. The molecule has 0 unspecified atom stereocenters. The molecular formula is C19H27N5O7S. The monoisotopic (exact) mass is 469 g/mol.